The zero-order valence-corrected chi connectivity index (χ0v) is 15.5. The van der Waals surface area contributed by atoms with Gasteiger partial charge >= 0.3 is 0 Å². The van der Waals surface area contributed by atoms with Crippen LogP contribution in [0.4, 0.5) is 0 Å². The van der Waals surface area contributed by atoms with Crippen molar-refractivity contribution in [2.45, 2.75) is 38.4 Å². The Hall–Kier alpha value is -2.37. The van der Waals surface area contributed by atoms with Gasteiger partial charge in [-0.1, -0.05) is 54.1 Å². The topological polar surface area (TPSA) is 84.2 Å². The molecule has 2 aromatic rings. The average Bonchev–Trinajstić information content (AvgIpc) is 2.64. The van der Waals surface area contributed by atoms with Gasteiger partial charge in [0, 0.05) is 11.6 Å². The van der Waals surface area contributed by atoms with E-state index in [1.807, 2.05) is 42.5 Å². The van der Waals surface area contributed by atoms with E-state index in [0.717, 1.165) is 11.1 Å². The highest BCUT2D eigenvalue weighted by Crippen LogP contribution is 2.10. The predicted molar refractivity (Wildman–Crippen MR) is 104 cm³/mol. The molecular weight excluding hydrogens is 350 g/mol. The first-order valence-corrected chi connectivity index (χ1v) is 8.95. The van der Waals surface area contributed by atoms with Crippen LogP contribution in [0.1, 0.15) is 24.5 Å². The van der Waals surface area contributed by atoms with Crippen LogP contribution >= 0.6 is 11.6 Å². The van der Waals surface area contributed by atoms with Crippen molar-refractivity contribution in [1.29, 1.82) is 0 Å². The van der Waals surface area contributed by atoms with Crippen LogP contribution in [0.5, 0.6) is 0 Å². The molecule has 5 nitrogen and oxygen atoms in total. The molecule has 2 aromatic carbocycles. The second kappa shape index (κ2) is 9.94. The lowest BCUT2D eigenvalue weighted by Gasteiger charge is -2.17. The third-order valence-electron chi connectivity index (χ3n) is 4.03. The normalized spacial score (nSPS) is 12.9. The second-order valence-electron chi connectivity index (χ2n) is 6.21. The zero-order valence-electron chi connectivity index (χ0n) is 14.7. The highest BCUT2D eigenvalue weighted by Gasteiger charge is 2.19. The third kappa shape index (κ3) is 6.50. The van der Waals surface area contributed by atoms with Gasteiger partial charge in [-0.2, -0.15) is 0 Å². The minimum Gasteiger partial charge on any atom is -0.350 e. The van der Waals surface area contributed by atoms with Crippen LogP contribution < -0.4 is 16.4 Å². The molecule has 0 saturated heterocycles. The zero-order chi connectivity index (χ0) is 18.9. The molecule has 0 aliphatic rings. The predicted octanol–water partition coefficient (Wildman–Crippen LogP) is 2.42. The number of aryl methyl sites for hydroxylation is 1. The lowest BCUT2D eigenvalue weighted by molar-refractivity contribution is -0.129. The Kier molecular flexibility index (Phi) is 7.63. The van der Waals surface area contributed by atoms with E-state index in [1.54, 1.807) is 19.1 Å². The maximum atomic E-state index is 12.2. The minimum atomic E-state index is -0.663. The molecule has 0 saturated carbocycles. The fraction of sp³-hybridized carbons (Fsp3) is 0.300. The largest absolute Gasteiger partial charge is 0.350 e. The number of hydrogen-bond acceptors (Lipinski definition) is 3. The number of rotatable bonds is 8. The van der Waals surface area contributed by atoms with E-state index in [4.69, 9.17) is 17.3 Å². The molecule has 0 spiro atoms. The number of benzene rings is 2. The molecule has 0 radical (unpaired) electrons. The van der Waals surface area contributed by atoms with E-state index in [0.29, 0.717) is 24.4 Å². The van der Waals surface area contributed by atoms with Crippen molar-refractivity contribution in [3.63, 3.8) is 0 Å². The van der Waals surface area contributed by atoms with Crippen LogP contribution in [-0.4, -0.2) is 23.9 Å². The van der Waals surface area contributed by atoms with Crippen molar-refractivity contribution in [2.24, 2.45) is 5.73 Å². The van der Waals surface area contributed by atoms with Crippen LogP contribution in [0.2, 0.25) is 5.02 Å². The number of amides is 2. The monoisotopic (exact) mass is 373 g/mol. The highest BCUT2D eigenvalue weighted by atomic mass is 35.5. The van der Waals surface area contributed by atoms with E-state index < -0.39 is 12.1 Å². The standard InChI is InChI=1S/C20H24ClN3O2/c1-14(19(25)23-13-16-8-5-9-17(21)12-16)24-20(26)18(22)11-10-15-6-3-2-4-7-15/h2-9,12,14,18H,10-11,13,22H2,1H3,(H,23,25)(H,24,26)/t14-,18+/m0/s1. The number of nitrogens with one attached hydrogen (secondary N) is 2. The van der Waals surface area contributed by atoms with Crippen LogP contribution in [0.3, 0.4) is 0 Å². The first kappa shape index (κ1) is 19.9. The Morgan fingerprint density at radius 1 is 1.04 bits per heavy atom. The second-order valence-corrected chi connectivity index (χ2v) is 6.65. The number of nitrogens with two attached hydrogens (primary N) is 1. The SMILES string of the molecule is C[C@H](NC(=O)[C@H](N)CCc1ccccc1)C(=O)NCc1cccc(Cl)c1. The molecule has 26 heavy (non-hydrogen) atoms. The van der Waals surface area contributed by atoms with Crippen molar-refractivity contribution in [3.05, 3.63) is 70.7 Å². The van der Waals surface area contributed by atoms with Gasteiger partial charge in [0.15, 0.2) is 0 Å². The van der Waals surface area contributed by atoms with Gasteiger partial charge in [-0.3, -0.25) is 9.59 Å². The summed E-state index contributed by atoms with van der Waals surface area (Å²) in [5.74, 6) is -0.597. The molecule has 6 heteroatoms. The number of hydrogen-bond donors (Lipinski definition) is 3. The van der Waals surface area contributed by atoms with Gasteiger partial charge in [0.05, 0.1) is 6.04 Å². The maximum Gasteiger partial charge on any atom is 0.242 e. The van der Waals surface area contributed by atoms with Crippen molar-refractivity contribution < 1.29 is 9.59 Å². The summed E-state index contributed by atoms with van der Waals surface area (Å²) >= 11 is 5.92. The van der Waals surface area contributed by atoms with Gasteiger partial charge in [-0.05, 0) is 43.0 Å². The van der Waals surface area contributed by atoms with Gasteiger partial charge in [-0.15, -0.1) is 0 Å². The molecule has 4 N–H and O–H groups in total. The lowest BCUT2D eigenvalue weighted by atomic mass is 10.1. The van der Waals surface area contributed by atoms with Gasteiger partial charge < -0.3 is 16.4 Å². The summed E-state index contributed by atoms with van der Waals surface area (Å²) in [6.07, 6.45) is 1.23. The summed E-state index contributed by atoms with van der Waals surface area (Å²) in [4.78, 5) is 24.3. The van der Waals surface area contributed by atoms with E-state index in [1.165, 1.54) is 0 Å². The van der Waals surface area contributed by atoms with Crippen molar-refractivity contribution >= 4 is 23.4 Å². The Morgan fingerprint density at radius 3 is 2.42 bits per heavy atom. The molecule has 0 aliphatic heterocycles. The Labute approximate surface area is 158 Å². The molecule has 138 valence electrons. The quantitative estimate of drug-likeness (QED) is 0.664. The third-order valence-corrected chi connectivity index (χ3v) is 4.27. The van der Waals surface area contributed by atoms with E-state index >= 15 is 0 Å². The number of halogens is 1. The molecule has 0 unspecified atom stereocenters. The molecule has 0 heterocycles. The summed E-state index contributed by atoms with van der Waals surface area (Å²) in [5, 5.41) is 6.05. The Bertz CT molecular complexity index is 737. The molecule has 2 amide bonds. The molecule has 0 aromatic heterocycles. The summed E-state index contributed by atoms with van der Waals surface area (Å²) in [5.41, 5.74) is 7.96. The fourth-order valence-corrected chi connectivity index (χ4v) is 2.69. The molecule has 2 rings (SSSR count). The molecule has 0 fully saturated rings. The lowest BCUT2D eigenvalue weighted by Crippen LogP contribution is -2.50. The Balaban J connectivity index is 1.75. The first-order valence-electron chi connectivity index (χ1n) is 8.57. The summed E-state index contributed by atoms with van der Waals surface area (Å²) in [6, 6.07) is 15.8. The van der Waals surface area contributed by atoms with Crippen molar-refractivity contribution in [3.8, 4) is 0 Å². The minimum absolute atomic E-state index is 0.270. The molecule has 0 bridgehead atoms. The highest BCUT2D eigenvalue weighted by molar-refractivity contribution is 6.30. The summed E-state index contributed by atoms with van der Waals surface area (Å²) in [7, 11) is 0. The summed E-state index contributed by atoms with van der Waals surface area (Å²) < 4.78 is 0. The van der Waals surface area contributed by atoms with Crippen LogP contribution in [0.15, 0.2) is 54.6 Å². The summed E-state index contributed by atoms with van der Waals surface area (Å²) in [6.45, 7) is 1.98. The number of carbonyl (C=O) groups excluding carboxylic acids is 2. The van der Waals surface area contributed by atoms with Crippen LogP contribution in [0, 0.1) is 0 Å². The maximum absolute atomic E-state index is 12.2. The van der Waals surface area contributed by atoms with E-state index in [-0.39, 0.29) is 11.8 Å². The van der Waals surface area contributed by atoms with E-state index in [2.05, 4.69) is 10.6 Å². The van der Waals surface area contributed by atoms with Crippen LogP contribution in [-0.2, 0) is 22.6 Å². The smallest absolute Gasteiger partial charge is 0.242 e. The van der Waals surface area contributed by atoms with Gasteiger partial charge in [0.2, 0.25) is 11.8 Å². The Morgan fingerprint density at radius 2 is 1.73 bits per heavy atom. The molecule has 0 aliphatic carbocycles. The molecule has 2 atom stereocenters. The van der Waals surface area contributed by atoms with E-state index in [9.17, 15) is 9.59 Å². The van der Waals surface area contributed by atoms with Crippen molar-refractivity contribution in [2.75, 3.05) is 0 Å². The fourth-order valence-electron chi connectivity index (χ4n) is 2.47. The molecular formula is C20H24ClN3O2. The van der Waals surface area contributed by atoms with Gasteiger partial charge in [0.1, 0.15) is 6.04 Å². The van der Waals surface area contributed by atoms with Gasteiger partial charge in [0.25, 0.3) is 0 Å². The van der Waals surface area contributed by atoms with Crippen molar-refractivity contribution in [1.82, 2.24) is 10.6 Å². The average molecular weight is 374 g/mol. The first-order chi connectivity index (χ1) is 12.5. The van der Waals surface area contributed by atoms with Crippen LogP contribution in [0.25, 0.3) is 0 Å². The van der Waals surface area contributed by atoms with Gasteiger partial charge in [-0.25, -0.2) is 0 Å². The number of carbonyl (C=O) groups is 2.